The predicted octanol–water partition coefficient (Wildman–Crippen LogP) is 6.84. The van der Waals surface area contributed by atoms with Crippen molar-refractivity contribution in [3.63, 3.8) is 0 Å². The quantitative estimate of drug-likeness (QED) is 0.568. The van der Waals surface area contributed by atoms with Crippen LogP contribution in [0.2, 0.25) is 10.0 Å². The summed E-state index contributed by atoms with van der Waals surface area (Å²) in [5, 5.41) is 9.36. The second-order valence-corrected chi connectivity index (χ2v) is 6.48. The zero-order valence-electron chi connectivity index (χ0n) is 13.5. The summed E-state index contributed by atoms with van der Waals surface area (Å²) in [6, 6.07) is 9.55. The minimum absolute atomic E-state index is 0.0169. The molecule has 1 nitrogen and oxygen atoms in total. The van der Waals surface area contributed by atoms with Crippen LogP contribution in [0.5, 0.6) is 0 Å². The van der Waals surface area contributed by atoms with Crippen LogP contribution in [0.15, 0.2) is 36.4 Å². The predicted molar refractivity (Wildman–Crippen MR) is 94.9 cm³/mol. The first-order valence-electron chi connectivity index (χ1n) is 7.34. The van der Waals surface area contributed by atoms with E-state index in [1.165, 1.54) is 18.2 Å². The number of allylic oxidation sites excluding steroid dienone is 1. The molecule has 0 aromatic heterocycles. The van der Waals surface area contributed by atoms with Crippen LogP contribution < -0.4 is 0 Å². The van der Waals surface area contributed by atoms with Crippen molar-refractivity contribution >= 4 is 29.3 Å². The topological polar surface area (TPSA) is 23.8 Å². The standard InChI is InChI=1S/C19H14Cl2F3N/c1-11-3-4-13(8-15(11)10-25)5-6-16(19(22,23)24)14-7-12(2)18(21)17(20)9-14/h3-9,16H,1-2H3/b6-5+. The van der Waals surface area contributed by atoms with Gasteiger partial charge in [0.2, 0.25) is 0 Å². The smallest absolute Gasteiger partial charge is 0.192 e. The summed E-state index contributed by atoms with van der Waals surface area (Å²) in [6.45, 7) is 3.37. The van der Waals surface area contributed by atoms with Crippen LogP contribution in [0.4, 0.5) is 13.2 Å². The lowest BCUT2D eigenvalue weighted by molar-refractivity contribution is -0.139. The van der Waals surface area contributed by atoms with Crippen LogP contribution in [-0.4, -0.2) is 6.18 Å². The Morgan fingerprint density at radius 1 is 1.08 bits per heavy atom. The van der Waals surface area contributed by atoms with Gasteiger partial charge in [0.1, 0.15) is 0 Å². The molecule has 0 aliphatic heterocycles. The van der Waals surface area contributed by atoms with E-state index in [0.717, 1.165) is 11.6 Å². The molecule has 2 aromatic carbocycles. The summed E-state index contributed by atoms with van der Waals surface area (Å²) in [4.78, 5) is 0. The van der Waals surface area contributed by atoms with Gasteiger partial charge in [0.15, 0.2) is 0 Å². The molecule has 0 fully saturated rings. The molecule has 2 rings (SSSR count). The monoisotopic (exact) mass is 383 g/mol. The third-order valence-corrected chi connectivity index (χ3v) is 4.70. The molecule has 0 aliphatic rings. The van der Waals surface area contributed by atoms with Crippen LogP contribution >= 0.6 is 23.2 Å². The number of nitrogens with zero attached hydrogens (tertiary/aromatic N) is 1. The van der Waals surface area contributed by atoms with Crippen LogP contribution in [0.1, 0.15) is 33.7 Å². The molecule has 25 heavy (non-hydrogen) atoms. The van der Waals surface area contributed by atoms with Gasteiger partial charge in [-0.15, -0.1) is 0 Å². The molecule has 0 N–H and O–H groups in total. The van der Waals surface area contributed by atoms with Gasteiger partial charge in [-0.25, -0.2) is 0 Å². The highest BCUT2D eigenvalue weighted by molar-refractivity contribution is 6.42. The van der Waals surface area contributed by atoms with E-state index in [2.05, 4.69) is 0 Å². The van der Waals surface area contributed by atoms with Crippen molar-refractivity contribution in [1.82, 2.24) is 0 Å². The first-order valence-corrected chi connectivity index (χ1v) is 8.10. The number of aryl methyl sites for hydroxylation is 2. The molecule has 6 heteroatoms. The van der Waals surface area contributed by atoms with E-state index in [9.17, 15) is 13.2 Å². The number of rotatable bonds is 3. The molecule has 0 heterocycles. The van der Waals surface area contributed by atoms with Crippen molar-refractivity contribution < 1.29 is 13.2 Å². The van der Waals surface area contributed by atoms with Crippen molar-refractivity contribution in [2.24, 2.45) is 0 Å². The van der Waals surface area contributed by atoms with E-state index in [1.807, 2.05) is 6.07 Å². The average Bonchev–Trinajstić information content (AvgIpc) is 2.52. The third-order valence-electron chi connectivity index (χ3n) is 3.81. The fourth-order valence-corrected chi connectivity index (χ4v) is 2.80. The molecule has 2 aromatic rings. The van der Waals surface area contributed by atoms with Gasteiger partial charge in [0.25, 0.3) is 0 Å². The summed E-state index contributed by atoms with van der Waals surface area (Å²) in [7, 11) is 0. The zero-order valence-corrected chi connectivity index (χ0v) is 15.0. The van der Waals surface area contributed by atoms with Gasteiger partial charge in [0, 0.05) is 0 Å². The number of hydrogen-bond donors (Lipinski definition) is 0. The van der Waals surface area contributed by atoms with E-state index < -0.39 is 12.1 Å². The molecule has 0 aliphatic carbocycles. The maximum absolute atomic E-state index is 13.5. The molecule has 1 atom stereocenters. The molecule has 0 spiro atoms. The number of benzene rings is 2. The van der Waals surface area contributed by atoms with E-state index in [4.69, 9.17) is 28.5 Å². The van der Waals surface area contributed by atoms with E-state index in [1.54, 1.807) is 32.0 Å². The summed E-state index contributed by atoms with van der Waals surface area (Å²) in [5.41, 5.74) is 2.22. The van der Waals surface area contributed by atoms with Crippen molar-refractivity contribution in [2.75, 3.05) is 0 Å². The van der Waals surface area contributed by atoms with Crippen molar-refractivity contribution in [1.29, 1.82) is 5.26 Å². The van der Waals surface area contributed by atoms with Gasteiger partial charge < -0.3 is 0 Å². The molecule has 1 unspecified atom stereocenters. The minimum atomic E-state index is -4.48. The van der Waals surface area contributed by atoms with Crippen LogP contribution in [-0.2, 0) is 0 Å². The molecular formula is C19H14Cl2F3N. The largest absolute Gasteiger partial charge is 0.399 e. The minimum Gasteiger partial charge on any atom is -0.192 e. The van der Waals surface area contributed by atoms with Crippen LogP contribution in [0.3, 0.4) is 0 Å². The Morgan fingerprint density at radius 2 is 1.76 bits per heavy atom. The lowest BCUT2D eigenvalue weighted by atomic mass is 9.95. The Kier molecular flexibility index (Phi) is 5.82. The zero-order chi connectivity index (χ0) is 18.8. The second-order valence-electron chi connectivity index (χ2n) is 5.70. The van der Waals surface area contributed by atoms with Gasteiger partial charge in [-0.05, 0) is 48.2 Å². The number of alkyl halides is 3. The highest BCUT2D eigenvalue weighted by atomic mass is 35.5. The van der Waals surface area contributed by atoms with Gasteiger partial charge in [0.05, 0.1) is 27.6 Å². The van der Waals surface area contributed by atoms with Crippen LogP contribution in [0, 0.1) is 25.2 Å². The van der Waals surface area contributed by atoms with Crippen LogP contribution in [0.25, 0.3) is 6.08 Å². The molecule has 0 bridgehead atoms. The fraction of sp³-hybridized carbons (Fsp3) is 0.211. The van der Waals surface area contributed by atoms with E-state index in [0.29, 0.717) is 16.7 Å². The first kappa shape index (κ1) is 19.4. The maximum Gasteiger partial charge on any atom is 0.399 e. The summed E-state index contributed by atoms with van der Waals surface area (Å²) < 4.78 is 40.5. The fourth-order valence-electron chi connectivity index (χ4n) is 2.41. The number of nitriles is 1. The summed E-state index contributed by atoms with van der Waals surface area (Å²) >= 11 is 11.9. The van der Waals surface area contributed by atoms with Gasteiger partial charge in [-0.2, -0.15) is 18.4 Å². The lowest BCUT2D eigenvalue weighted by Gasteiger charge is -2.19. The molecule has 0 saturated heterocycles. The first-order chi connectivity index (χ1) is 11.6. The van der Waals surface area contributed by atoms with Crippen molar-refractivity contribution in [3.8, 4) is 6.07 Å². The summed E-state index contributed by atoms with van der Waals surface area (Å²) in [5.74, 6) is -1.83. The Bertz CT molecular complexity index is 841. The van der Waals surface area contributed by atoms with E-state index in [-0.39, 0.29) is 15.6 Å². The van der Waals surface area contributed by atoms with Crippen molar-refractivity contribution in [3.05, 3.63) is 74.3 Å². The average molecular weight is 384 g/mol. The Labute approximate surface area is 154 Å². The second kappa shape index (κ2) is 7.51. The number of hydrogen-bond acceptors (Lipinski definition) is 1. The molecule has 0 amide bonds. The molecule has 130 valence electrons. The SMILES string of the molecule is Cc1ccc(/C=C/C(c2cc(C)c(Cl)c(Cl)c2)C(F)(F)F)cc1C#N. The Morgan fingerprint density at radius 3 is 2.32 bits per heavy atom. The van der Waals surface area contributed by atoms with Gasteiger partial charge in [-0.3, -0.25) is 0 Å². The van der Waals surface area contributed by atoms with Crippen molar-refractivity contribution in [2.45, 2.75) is 25.9 Å². The van der Waals surface area contributed by atoms with Gasteiger partial charge in [-0.1, -0.05) is 53.6 Å². The highest BCUT2D eigenvalue weighted by Crippen LogP contribution is 2.39. The summed E-state index contributed by atoms with van der Waals surface area (Å²) in [6.07, 6.45) is -2.07. The maximum atomic E-state index is 13.5. The Balaban J connectivity index is 2.45. The molecule has 0 saturated carbocycles. The Hall–Kier alpha value is -1.96. The normalized spacial score (nSPS) is 13.0. The van der Waals surface area contributed by atoms with Gasteiger partial charge >= 0.3 is 6.18 Å². The number of halogens is 5. The molecular weight excluding hydrogens is 370 g/mol. The highest BCUT2D eigenvalue weighted by Gasteiger charge is 2.39. The van der Waals surface area contributed by atoms with E-state index >= 15 is 0 Å². The molecule has 0 radical (unpaired) electrons. The lowest BCUT2D eigenvalue weighted by Crippen LogP contribution is -2.19. The third kappa shape index (κ3) is 4.56.